The summed E-state index contributed by atoms with van der Waals surface area (Å²) < 4.78 is 0. The van der Waals surface area contributed by atoms with Gasteiger partial charge in [0.25, 0.3) is 0 Å². The molecule has 0 bridgehead atoms. The molecule has 0 fully saturated rings. The summed E-state index contributed by atoms with van der Waals surface area (Å²) in [6.45, 7) is 5.05. The SMILES string of the molecule is CCC(CC)N(C)C(CN)c1ccccn1. The van der Waals surface area contributed by atoms with Crippen molar-refractivity contribution in [1.29, 1.82) is 0 Å². The fourth-order valence-electron chi connectivity index (χ4n) is 2.19. The Labute approximate surface area is 98.7 Å². The van der Waals surface area contributed by atoms with Gasteiger partial charge in [-0.3, -0.25) is 9.88 Å². The molecule has 1 unspecified atom stereocenters. The van der Waals surface area contributed by atoms with E-state index >= 15 is 0 Å². The van der Waals surface area contributed by atoms with Crippen molar-refractivity contribution in [2.24, 2.45) is 5.73 Å². The lowest BCUT2D eigenvalue weighted by atomic mass is 10.1. The number of aromatic nitrogens is 1. The second-order valence-electron chi connectivity index (χ2n) is 4.14. The van der Waals surface area contributed by atoms with Crippen LogP contribution >= 0.6 is 0 Å². The quantitative estimate of drug-likeness (QED) is 0.800. The molecule has 1 aromatic heterocycles. The average Bonchev–Trinajstić information content (AvgIpc) is 2.33. The van der Waals surface area contributed by atoms with Gasteiger partial charge in [0.1, 0.15) is 0 Å². The number of rotatable bonds is 6. The van der Waals surface area contributed by atoms with Crippen molar-refractivity contribution in [2.45, 2.75) is 38.8 Å². The number of pyridine rings is 1. The molecule has 0 saturated carbocycles. The van der Waals surface area contributed by atoms with Gasteiger partial charge < -0.3 is 5.73 Å². The van der Waals surface area contributed by atoms with Crippen LogP contribution in [0.4, 0.5) is 0 Å². The Kier molecular flexibility index (Phi) is 5.43. The first-order valence-electron chi connectivity index (χ1n) is 6.07. The summed E-state index contributed by atoms with van der Waals surface area (Å²) in [4.78, 5) is 6.75. The zero-order valence-corrected chi connectivity index (χ0v) is 10.6. The molecule has 0 aromatic carbocycles. The van der Waals surface area contributed by atoms with Crippen LogP contribution in [-0.4, -0.2) is 29.5 Å². The van der Waals surface area contributed by atoms with Crippen LogP contribution in [0.15, 0.2) is 24.4 Å². The first kappa shape index (κ1) is 13.1. The maximum absolute atomic E-state index is 5.87. The molecular formula is C13H23N3. The summed E-state index contributed by atoms with van der Waals surface area (Å²) in [6, 6.07) is 6.82. The molecule has 0 radical (unpaired) electrons. The van der Waals surface area contributed by atoms with Gasteiger partial charge in [-0.2, -0.15) is 0 Å². The summed E-state index contributed by atoms with van der Waals surface area (Å²) in [5.41, 5.74) is 6.94. The average molecular weight is 221 g/mol. The summed E-state index contributed by atoms with van der Waals surface area (Å²) in [6.07, 6.45) is 4.13. The second-order valence-corrected chi connectivity index (χ2v) is 4.14. The smallest absolute Gasteiger partial charge is 0.0644 e. The van der Waals surface area contributed by atoms with E-state index in [1.165, 1.54) is 0 Å². The van der Waals surface area contributed by atoms with Crippen molar-refractivity contribution < 1.29 is 0 Å². The molecule has 90 valence electrons. The van der Waals surface area contributed by atoms with Crippen LogP contribution in [0.5, 0.6) is 0 Å². The van der Waals surface area contributed by atoms with E-state index in [9.17, 15) is 0 Å². The highest BCUT2D eigenvalue weighted by atomic mass is 15.2. The van der Waals surface area contributed by atoms with Gasteiger partial charge in [-0.05, 0) is 32.0 Å². The largest absolute Gasteiger partial charge is 0.329 e. The Balaban J connectivity index is 2.82. The van der Waals surface area contributed by atoms with Gasteiger partial charge in [0.2, 0.25) is 0 Å². The van der Waals surface area contributed by atoms with Gasteiger partial charge in [-0.15, -0.1) is 0 Å². The minimum absolute atomic E-state index is 0.228. The third-order valence-corrected chi connectivity index (χ3v) is 3.26. The predicted molar refractivity (Wildman–Crippen MR) is 68.2 cm³/mol. The maximum Gasteiger partial charge on any atom is 0.0644 e. The van der Waals surface area contributed by atoms with Gasteiger partial charge in [0, 0.05) is 18.8 Å². The summed E-state index contributed by atoms with van der Waals surface area (Å²) in [5, 5.41) is 0. The van der Waals surface area contributed by atoms with E-state index in [2.05, 4.69) is 36.8 Å². The van der Waals surface area contributed by atoms with E-state index in [0.717, 1.165) is 18.5 Å². The zero-order valence-electron chi connectivity index (χ0n) is 10.6. The summed E-state index contributed by atoms with van der Waals surface area (Å²) in [5.74, 6) is 0. The predicted octanol–water partition coefficient (Wildman–Crippen LogP) is 2.20. The van der Waals surface area contributed by atoms with Crippen molar-refractivity contribution in [3.05, 3.63) is 30.1 Å². The maximum atomic E-state index is 5.87. The van der Waals surface area contributed by atoms with Gasteiger partial charge in [-0.25, -0.2) is 0 Å². The number of nitrogens with zero attached hydrogens (tertiary/aromatic N) is 2. The Hall–Kier alpha value is -0.930. The molecule has 0 aliphatic rings. The van der Waals surface area contributed by atoms with E-state index in [4.69, 9.17) is 5.73 Å². The third kappa shape index (κ3) is 3.03. The Bertz CT molecular complexity index is 282. The lowest BCUT2D eigenvalue weighted by Gasteiger charge is -2.33. The van der Waals surface area contributed by atoms with Crippen LogP contribution in [0.2, 0.25) is 0 Å². The fraction of sp³-hybridized carbons (Fsp3) is 0.615. The fourth-order valence-corrected chi connectivity index (χ4v) is 2.19. The topological polar surface area (TPSA) is 42.1 Å². The van der Waals surface area contributed by atoms with E-state index in [1.54, 1.807) is 0 Å². The van der Waals surface area contributed by atoms with Crippen LogP contribution in [0.3, 0.4) is 0 Å². The number of hydrogen-bond acceptors (Lipinski definition) is 3. The Morgan fingerprint density at radius 2 is 2.00 bits per heavy atom. The lowest BCUT2D eigenvalue weighted by molar-refractivity contribution is 0.165. The molecule has 16 heavy (non-hydrogen) atoms. The highest BCUT2D eigenvalue weighted by molar-refractivity contribution is 5.09. The molecule has 1 aromatic rings. The van der Waals surface area contributed by atoms with Gasteiger partial charge in [0.15, 0.2) is 0 Å². The monoisotopic (exact) mass is 221 g/mol. The van der Waals surface area contributed by atoms with Gasteiger partial charge in [-0.1, -0.05) is 19.9 Å². The van der Waals surface area contributed by atoms with Crippen LogP contribution in [0.1, 0.15) is 38.4 Å². The van der Waals surface area contributed by atoms with Gasteiger partial charge >= 0.3 is 0 Å². The normalized spacial score (nSPS) is 13.4. The van der Waals surface area contributed by atoms with Crippen LogP contribution in [0.25, 0.3) is 0 Å². The Morgan fingerprint density at radius 1 is 1.31 bits per heavy atom. The van der Waals surface area contributed by atoms with E-state index < -0.39 is 0 Å². The van der Waals surface area contributed by atoms with Crippen LogP contribution in [0, 0.1) is 0 Å². The van der Waals surface area contributed by atoms with E-state index in [0.29, 0.717) is 12.6 Å². The minimum Gasteiger partial charge on any atom is -0.329 e. The van der Waals surface area contributed by atoms with Gasteiger partial charge in [0.05, 0.1) is 11.7 Å². The van der Waals surface area contributed by atoms with Crippen molar-refractivity contribution in [1.82, 2.24) is 9.88 Å². The van der Waals surface area contributed by atoms with E-state index in [1.807, 2.05) is 18.3 Å². The van der Waals surface area contributed by atoms with Crippen molar-refractivity contribution in [3.8, 4) is 0 Å². The lowest BCUT2D eigenvalue weighted by Crippen LogP contribution is -2.38. The molecule has 0 aliphatic heterocycles. The molecular weight excluding hydrogens is 198 g/mol. The van der Waals surface area contributed by atoms with E-state index in [-0.39, 0.29) is 6.04 Å². The zero-order chi connectivity index (χ0) is 12.0. The standard InChI is InChI=1S/C13H23N3/c1-4-11(5-2)16(3)13(10-14)12-8-6-7-9-15-12/h6-9,11,13H,4-5,10,14H2,1-3H3. The second kappa shape index (κ2) is 6.61. The van der Waals surface area contributed by atoms with Crippen molar-refractivity contribution >= 4 is 0 Å². The molecule has 0 saturated heterocycles. The molecule has 2 N–H and O–H groups in total. The highest BCUT2D eigenvalue weighted by Crippen LogP contribution is 2.20. The van der Waals surface area contributed by atoms with Crippen molar-refractivity contribution in [2.75, 3.05) is 13.6 Å². The third-order valence-electron chi connectivity index (χ3n) is 3.26. The summed E-state index contributed by atoms with van der Waals surface area (Å²) in [7, 11) is 2.14. The summed E-state index contributed by atoms with van der Waals surface area (Å²) >= 11 is 0. The molecule has 1 rings (SSSR count). The minimum atomic E-state index is 0.228. The van der Waals surface area contributed by atoms with Crippen LogP contribution in [-0.2, 0) is 0 Å². The molecule has 0 amide bonds. The molecule has 0 spiro atoms. The first-order valence-corrected chi connectivity index (χ1v) is 6.07. The molecule has 1 atom stereocenters. The number of nitrogens with two attached hydrogens (primary N) is 1. The molecule has 3 heteroatoms. The highest BCUT2D eigenvalue weighted by Gasteiger charge is 2.21. The first-order chi connectivity index (χ1) is 7.74. The molecule has 3 nitrogen and oxygen atoms in total. The number of hydrogen-bond donors (Lipinski definition) is 1. The molecule has 0 aliphatic carbocycles. The van der Waals surface area contributed by atoms with Crippen molar-refractivity contribution in [3.63, 3.8) is 0 Å². The Morgan fingerprint density at radius 3 is 2.44 bits per heavy atom. The molecule has 1 heterocycles. The number of likely N-dealkylation sites (N-methyl/N-ethyl adjacent to an activating group) is 1. The van der Waals surface area contributed by atoms with Crippen LogP contribution < -0.4 is 5.73 Å².